The minimum absolute atomic E-state index is 0.139. The number of amides is 1. The molecule has 108 valence electrons. The normalized spacial score (nSPS) is 14.1. The number of nitrogens with one attached hydrogen (secondary N) is 1. The van der Waals surface area contributed by atoms with Gasteiger partial charge in [-0.1, -0.05) is 0 Å². The lowest BCUT2D eigenvalue weighted by atomic mass is 10.3. The van der Waals surface area contributed by atoms with E-state index in [0.717, 1.165) is 4.96 Å². The van der Waals surface area contributed by atoms with Crippen molar-refractivity contribution in [3.8, 4) is 0 Å². The SMILES string of the molecule is CC(=O)NC(CS(=O)Cc1cn2ccsc2n1)C(=O)O. The Morgan fingerprint density at radius 2 is 2.35 bits per heavy atom. The van der Waals surface area contributed by atoms with Crippen molar-refractivity contribution >= 4 is 39.0 Å². The molecule has 2 unspecified atom stereocenters. The van der Waals surface area contributed by atoms with Crippen molar-refractivity contribution < 1.29 is 18.9 Å². The number of carboxylic acids is 1. The fraction of sp³-hybridized carbons (Fsp3) is 0.364. The van der Waals surface area contributed by atoms with Gasteiger partial charge in [-0.05, 0) is 0 Å². The Morgan fingerprint density at radius 1 is 1.60 bits per heavy atom. The van der Waals surface area contributed by atoms with E-state index in [4.69, 9.17) is 5.11 Å². The monoisotopic (exact) mass is 315 g/mol. The van der Waals surface area contributed by atoms with Gasteiger partial charge >= 0.3 is 5.97 Å². The number of carbonyl (C=O) groups excluding carboxylic acids is 1. The summed E-state index contributed by atoms with van der Waals surface area (Å²) < 4.78 is 13.8. The van der Waals surface area contributed by atoms with Gasteiger partial charge in [-0.2, -0.15) is 0 Å². The number of carboxylic acid groups (broad SMARTS) is 1. The van der Waals surface area contributed by atoms with Crippen LogP contribution < -0.4 is 5.32 Å². The van der Waals surface area contributed by atoms with E-state index in [1.165, 1.54) is 18.3 Å². The molecule has 2 heterocycles. The number of rotatable bonds is 6. The summed E-state index contributed by atoms with van der Waals surface area (Å²) in [4.78, 5) is 26.9. The Morgan fingerprint density at radius 3 is 2.95 bits per heavy atom. The first kappa shape index (κ1) is 14.7. The Hall–Kier alpha value is -1.74. The maximum absolute atomic E-state index is 12.0. The third-order valence-electron chi connectivity index (χ3n) is 2.48. The highest BCUT2D eigenvalue weighted by Crippen LogP contribution is 2.12. The molecule has 1 amide bonds. The molecule has 2 aromatic heterocycles. The molecular weight excluding hydrogens is 302 g/mol. The molecule has 20 heavy (non-hydrogen) atoms. The molecule has 0 aliphatic rings. The maximum atomic E-state index is 12.0. The molecule has 0 spiro atoms. The standard InChI is InChI=1S/C11H13N3O4S2/c1-7(15)12-9(10(16)17)6-20(18)5-8-4-14-2-3-19-11(14)13-8/h2-4,9H,5-6H2,1H3,(H,12,15)(H,16,17). The van der Waals surface area contributed by atoms with E-state index in [1.54, 1.807) is 6.20 Å². The van der Waals surface area contributed by atoms with E-state index in [0.29, 0.717) is 5.69 Å². The van der Waals surface area contributed by atoms with E-state index in [1.807, 2.05) is 16.0 Å². The smallest absolute Gasteiger partial charge is 0.327 e. The highest BCUT2D eigenvalue weighted by atomic mass is 32.2. The molecule has 0 bridgehead atoms. The van der Waals surface area contributed by atoms with Gasteiger partial charge in [0, 0.05) is 35.5 Å². The highest BCUT2D eigenvalue weighted by Gasteiger charge is 2.21. The van der Waals surface area contributed by atoms with Crippen LogP contribution in [0.1, 0.15) is 12.6 Å². The van der Waals surface area contributed by atoms with Gasteiger partial charge in [0.15, 0.2) is 4.96 Å². The topological polar surface area (TPSA) is 101 Å². The summed E-state index contributed by atoms with van der Waals surface area (Å²) in [5.41, 5.74) is 0.641. The largest absolute Gasteiger partial charge is 0.480 e. The summed E-state index contributed by atoms with van der Waals surface area (Å²) in [5.74, 6) is -1.63. The number of carbonyl (C=O) groups is 2. The van der Waals surface area contributed by atoms with Crippen molar-refractivity contribution in [2.24, 2.45) is 0 Å². The van der Waals surface area contributed by atoms with Crippen molar-refractivity contribution in [3.63, 3.8) is 0 Å². The zero-order valence-corrected chi connectivity index (χ0v) is 12.2. The van der Waals surface area contributed by atoms with Crippen LogP contribution in [-0.4, -0.2) is 42.4 Å². The van der Waals surface area contributed by atoms with E-state index >= 15 is 0 Å². The average molecular weight is 315 g/mol. The van der Waals surface area contributed by atoms with Crippen LogP contribution in [0.3, 0.4) is 0 Å². The summed E-state index contributed by atoms with van der Waals surface area (Å²) in [6.45, 7) is 1.22. The Bertz CT molecular complexity index is 635. The summed E-state index contributed by atoms with van der Waals surface area (Å²) >= 11 is 1.46. The number of aromatic nitrogens is 2. The second kappa shape index (κ2) is 6.14. The zero-order valence-electron chi connectivity index (χ0n) is 10.6. The predicted molar refractivity (Wildman–Crippen MR) is 75.0 cm³/mol. The second-order valence-electron chi connectivity index (χ2n) is 4.17. The lowest BCUT2D eigenvalue weighted by Crippen LogP contribution is -2.43. The van der Waals surface area contributed by atoms with Crippen LogP contribution in [0.2, 0.25) is 0 Å². The quantitative estimate of drug-likeness (QED) is 0.795. The average Bonchev–Trinajstić information content (AvgIpc) is 2.87. The summed E-state index contributed by atoms with van der Waals surface area (Å²) in [6.07, 6.45) is 3.61. The minimum Gasteiger partial charge on any atom is -0.480 e. The van der Waals surface area contributed by atoms with Gasteiger partial charge in [-0.25, -0.2) is 9.78 Å². The Balaban J connectivity index is 1.98. The lowest BCUT2D eigenvalue weighted by molar-refractivity contribution is -0.140. The summed E-state index contributed by atoms with van der Waals surface area (Å²) in [5, 5.41) is 13.1. The fourth-order valence-electron chi connectivity index (χ4n) is 1.68. The van der Waals surface area contributed by atoms with Crippen LogP contribution in [-0.2, 0) is 26.1 Å². The molecule has 0 aliphatic heterocycles. The molecule has 2 rings (SSSR count). The number of hydrogen-bond acceptors (Lipinski definition) is 5. The first-order chi connectivity index (χ1) is 9.45. The number of imidazole rings is 1. The first-order valence-corrected chi connectivity index (χ1v) is 8.08. The van der Waals surface area contributed by atoms with Crippen molar-refractivity contribution in [1.29, 1.82) is 0 Å². The predicted octanol–water partition coefficient (Wildman–Crippen LogP) is 0.234. The van der Waals surface area contributed by atoms with E-state index in [2.05, 4.69) is 10.3 Å². The van der Waals surface area contributed by atoms with Crippen molar-refractivity contribution in [3.05, 3.63) is 23.5 Å². The van der Waals surface area contributed by atoms with E-state index < -0.39 is 28.7 Å². The van der Waals surface area contributed by atoms with Crippen LogP contribution in [0.4, 0.5) is 0 Å². The van der Waals surface area contributed by atoms with Crippen LogP contribution >= 0.6 is 11.3 Å². The number of aliphatic carboxylic acids is 1. The molecule has 0 radical (unpaired) electrons. The minimum atomic E-state index is -1.42. The van der Waals surface area contributed by atoms with Crippen molar-refractivity contribution in [2.75, 3.05) is 5.75 Å². The molecule has 2 atom stereocenters. The van der Waals surface area contributed by atoms with Crippen LogP contribution in [0.15, 0.2) is 17.8 Å². The summed E-state index contributed by atoms with van der Waals surface area (Å²) in [6, 6.07) is -1.14. The van der Waals surface area contributed by atoms with Gasteiger partial charge in [0.05, 0.1) is 17.2 Å². The van der Waals surface area contributed by atoms with Crippen LogP contribution in [0.25, 0.3) is 4.96 Å². The third-order valence-corrected chi connectivity index (χ3v) is 4.57. The summed E-state index contributed by atoms with van der Waals surface area (Å²) in [7, 11) is -1.42. The fourth-order valence-corrected chi connectivity index (χ4v) is 3.58. The second-order valence-corrected chi connectivity index (χ2v) is 6.54. The highest BCUT2D eigenvalue weighted by molar-refractivity contribution is 7.84. The number of hydrogen-bond donors (Lipinski definition) is 2. The van der Waals surface area contributed by atoms with Crippen LogP contribution in [0.5, 0.6) is 0 Å². The van der Waals surface area contributed by atoms with Gasteiger partial charge in [-0.15, -0.1) is 11.3 Å². The Kier molecular flexibility index (Phi) is 4.50. The first-order valence-electron chi connectivity index (χ1n) is 5.71. The van der Waals surface area contributed by atoms with Crippen LogP contribution in [0, 0.1) is 0 Å². The molecule has 2 N–H and O–H groups in total. The van der Waals surface area contributed by atoms with Gasteiger partial charge in [-0.3, -0.25) is 13.4 Å². The molecule has 7 nitrogen and oxygen atoms in total. The van der Waals surface area contributed by atoms with E-state index in [9.17, 15) is 13.8 Å². The van der Waals surface area contributed by atoms with Gasteiger partial charge in [0.2, 0.25) is 5.91 Å². The van der Waals surface area contributed by atoms with Gasteiger partial charge < -0.3 is 10.4 Å². The molecule has 0 fully saturated rings. The number of thiazole rings is 1. The van der Waals surface area contributed by atoms with Crippen molar-refractivity contribution in [1.82, 2.24) is 14.7 Å². The van der Waals surface area contributed by atoms with E-state index in [-0.39, 0.29) is 11.5 Å². The maximum Gasteiger partial charge on any atom is 0.327 e. The molecule has 0 aliphatic carbocycles. The third kappa shape index (κ3) is 3.64. The molecular formula is C11H13N3O4S2. The molecule has 2 aromatic rings. The van der Waals surface area contributed by atoms with Gasteiger partial charge in [0.1, 0.15) is 6.04 Å². The number of nitrogens with zero attached hydrogens (tertiary/aromatic N) is 2. The number of fused-ring (bicyclic) bond motifs is 1. The van der Waals surface area contributed by atoms with Gasteiger partial charge in [0.25, 0.3) is 0 Å². The Labute approximate surface area is 121 Å². The zero-order chi connectivity index (χ0) is 14.7. The molecule has 0 saturated heterocycles. The molecule has 0 saturated carbocycles. The van der Waals surface area contributed by atoms with Crippen molar-refractivity contribution in [2.45, 2.75) is 18.7 Å². The lowest BCUT2D eigenvalue weighted by Gasteiger charge is -2.12. The molecule has 0 aromatic carbocycles. The molecule has 9 heteroatoms.